The average Bonchev–Trinajstić information content (AvgIpc) is 3.40. The van der Waals surface area contributed by atoms with Crippen LogP contribution < -0.4 is 19.6 Å². The van der Waals surface area contributed by atoms with Crippen molar-refractivity contribution in [2.75, 3.05) is 19.6 Å². The van der Waals surface area contributed by atoms with Gasteiger partial charge in [-0.15, -0.1) is 0 Å². The summed E-state index contributed by atoms with van der Waals surface area (Å²) < 4.78 is 0. The van der Waals surface area contributed by atoms with Gasteiger partial charge in [0.25, 0.3) is 0 Å². The average molecular weight is 861 g/mol. The third kappa shape index (κ3) is 9.38. The van der Waals surface area contributed by atoms with Crippen molar-refractivity contribution in [3.8, 4) is 0 Å². The van der Waals surface area contributed by atoms with Crippen molar-refractivity contribution in [1.82, 2.24) is 39.9 Å². The van der Waals surface area contributed by atoms with Crippen LogP contribution in [0.25, 0.3) is 10.8 Å². The Balaban J connectivity index is 1.18. The first-order chi connectivity index (χ1) is 32.7. The van der Waals surface area contributed by atoms with Gasteiger partial charge < -0.3 is 19.6 Å². The number of hydrogen-bond donors (Lipinski definition) is 0. The molecule has 0 bridgehead atoms. The number of rotatable bonds is 16. The summed E-state index contributed by atoms with van der Waals surface area (Å²) >= 11 is 0. The highest BCUT2D eigenvalue weighted by Gasteiger charge is 2.23. The van der Waals surface area contributed by atoms with Crippen LogP contribution in [0.2, 0.25) is 0 Å². The number of anilines is 8. The summed E-state index contributed by atoms with van der Waals surface area (Å²) in [5.74, 6) is 6.30. The molecule has 0 saturated carbocycles. The lowest BCUT2D eigenvalue weighted by Gasteiger charge is -2.29. The standard InChI is InChI=1S/C54H44N12/c1-9-25-55-47(17-1)63(48-18-2-10-26-56-48)37-43-33-41-35-45(39-65(51-21-5-13-29-59-51)52-22-6-14-30-60-52)46(40-66(53-23-7-15-31-61-53)54-24-8-16-32-62-54)36-42(41)34-44(43)38-64(49-19-3-11-27-57-49)50-20-4-12-28-58-50/h1-36H,37-40H2. The molecule has 0 radical (unpaired) electrons. The zero-order chi connectivity index (χ0) is 44.3. The van der Waals surface area contributed by atoms with Crippen LogP contribution >= 0.6 is 0 Å². The fraction of sp³-hybridized carbons (Fsp3) is 0.0741. The summed E-state index contributed by atoms with van der Waals surface area (Å²) in [6.45, 7) is 1.93. The molecule has 0 unspecified atom stereocenters. The molecule has 0 aliphatic carbocycles. The fourth-order valence-electron chi connectivity index (χ4n) is 8.03. The SMILES string of the molecule is c1ccc(N(Cc2cc3cc(CN(c4ccccn4)c4ccccn4)c(CN(c4ccccn4)c4ccccn4)cc3cc2CN(c2ccccn2)c2ccccn2)c2ccccn2)nc1. The van der Waals surface area contributed by atoms with E-state index < -0.39 is 0 Å². The van der Waals surface area contributed by atoms with Gasteiger partial charge in [0.15, 0.2) is 0 Å². The first-order valence-electron chi connectivity index (χ1n) is 21.7. The van der Waals surface area contributed by atoms with E-state index in [9.17, 15) is 0 Å². The molecule has 0 saturated heterocycles. The number of pyridine rings is 8. The van der Waals surface area contributed by atoms with Gasteiger partial charge in [-0.1, -0.05) is 48.5 Å². The normalized spacial score (nSPS) is 11.0. The Morgan fingerprint density at radius 2 is 0.394 bits per heavy atom. The maximum Gasteiger partial charge on any atom is 0.134 e. The van der Waals surface area contributed by atoms with Crippen molar-refractivity contribution in [3.63, 3.8) is 0 Å². The summed E-state index contributed by atoms with van der Waals surface area (Å²) in [4.78, 5) is 47.2. The molecule has 0 atom stereocenters. The Morgan fingerprint density at radius 1 is 0.227 bits per heavy atom. The zero-order valence-corrected chi connectivity index (χ0v) is 36.0. The van der Waals surface area contributed by atoms with E-state index in [1.807, 2.05) is 195 Å². The first-order valence-corrected chi connectivity index (χ1v) is 21.7. The molecule has 10 aromatic rings. The predicted octanol–water partition coefficient (Wildman–Crippen LogP) is 11.4. The second-order valence-corrected chi connectivity index (χ2v) is 15.4. The van der Waals surface area contributed by atoms with Crippen molar-refractivity contribution in [1.29, 1.82) is 0 Å². The van der Waals surface area contributed by atoms with Gasteiger partial charge in [0.05, 0.1) is 26.2 Å². The Kier molecular flexibility index (Phi) is 12.2. The molecule has 12 heteroatoms. The molecule has 0 N–H and O–H groups in total. The van der Waals surface area contributed by atoms with Crippen LogP contribution in [0.3, 0.4) is 0 Å². The van der Waals surface area contributed by atoms with E-state index in [-0.39, 0.29) is 0 Å². The van der Waals surface area contributed by atoms with Crippen LogP contribution in [0.1, 0.15) is 22.3 Å². The van der Waals surface area contributed by atoms with Crippen LogP contribution in [0.5, 0.6) is 0 Å². The van der Waals surface area contributed by atoms with Gasteiger partial charge in [0.2, 0.25) is 0 Å². The molecule has 0 aliphatic rings. The van der Waals surface area contributed by atoms with Crippen LogP contribution in [0.15, 0.2) is 219 Å². The van der Waals surface area contributed by atoms with Crippen molar-refractivity contribution >= 4 is 57.3 Å². The van der Waals surface area contributed by atoms with Gasteiger partial charge in [-0.3, -0.25) is 0 Å². The minimum absolute atomic E-state index is 0.482. The lowest BCUT2D eigenvalue weighted by Crippen LogP contribution is -2.24. The largest absolute Gasteiger partial charge is 0.307 e. The molecule has 0 aliphatic heterocycles. The molecule has 0 amide bonds. The monoisotopic (exact) mass is 860 g/mol. The minimum atomic E-state index is 0.482. The van der Waals surface area contributed by atoms with Crippen molar-refractivity contribution in [2.45, 2.75) is 26.2 Å². The molecule has 8 heterocycles. The number of aromatic nitrogens is 8. The Morgan fingerprint density at radius 3 is 0.530 bits per heavy atom. The zero-order valence-electron chi connectivity index (χ0n) is 36.0. The number of nitrogens with zero attached hydrogens (tertiary/aromatic N) is 12. The Bertz CT molecular complexity index is 2510. The summed E-state index contributed by atoms with van der Waals surface area (Å²) in [5, 5.41) is 2.14. The van der Waals surface area contributed by atoms with E-state index in [1.54, 1.807) is 0 Å². The van der Waals surface area contributed by atoms with Gasteiger partial charge in [0, 0.05) is 49.6 Å². The predicted molar refractivity (Wildman–Crippen MR) is 261 cm³/mol. The maximum absolute atomic E-state index is 4.82. The summed E-state index contributed by atoms with van der Waals surface area (Å²) in [6, 6.07) is 56.9. The van der Waals surface area contributed by atoms with Crippen molar-refractivity contribution in [2.24, 2.45) is 0 Å². The fourth-order valence-corrected chi connectivity index (χ4v) is 8.03. The molecule has 0 spiro atoms. The smallest absolute Gasteiger partial charge is 0.134 e. The highest BCUT2D eigenvalue weighted by molar-refractivity contribution is 5.87. The van der Waals surface area contributed by atoms with Crippen molar-refractivity contribution < 1.29 is 0 Å². The van der Waals surface area contributed by atoms with Gasteiger partial charge in [-0.05, 0) is 154 Å². The van der Waals surface area contributed by atoms with Crippen molar-refractivity contribution in [3.05, 3.63) is 242 Å². The highest BCUT2D eigenvalue weighted by atomic mass is 15.3. The highest BCUT2D eigenvalue weighted by Crippen LogP contribution is 2.35. The topological polar surface area (TPSA) is 116 Å². The molecule has 66 heavy (non-hydrogen) atoms. The Labute approximate surface area is 383 Å². The van der Waals surface area contributed by atoms with E-state index in [0.717, 1.165) is 79.6 Å². The van der Waals surface area contributed by atoms with Gasteiger partial charge >= 0.3 is 0 Å². The van der Waals surface area contributed by atoms with Gasteiger partial charge in [-0.2, -0.15) is 0 Å². The van der Waals surface area contributed by atoms with E-state index >= 15 is 0 Å². The van der Waals surface area contributed by atoms with Crippen LogP contribution in [0, 0.1) is 0 Å². The molecule has 8 aromatic heterocycles. The van der Waals surface area contributed by atoms with E-state index in [4.69, 9.17) is 39.9 Å². The molecular formula is C54H44N12. The lowest BCUT2D eigenvalue weighted by atomic mass is 9.94. The Hall–Kier alpha value is -8.90. The summed E-state index contributed by atoms with van der Waals surface area (Å²) in [5.41, 5.74) is 4.35. The van der Waals surface area contributed by atoms with E-state index in [1.165, 1.54) is 0 Å². The molecule has 10 rings (SSSR count). The molecule has 12 nitrogen and oxygen atoms in total. The maximum atomic E-state index is 4.82. The third-order valence-electron chi connectivity index (χ3n) is 11.2. The number of benzene rings is 2. The molecule has 2 aromatic carbocycles. The lowest BCUT2D eigenvalue weighted by molar-refractivity contribution is 0.868. The quantitative estimate of drug-likeness (QED) is 0.0921. The minimum Gasteiger partial charge on any atom is -0.307 e. The number of hydrogen-bond acceptors (Lipinski definition) is 12. The van der Waals surface area contributed by atoms with Crippen LogP contribution in [-0.2, 0) is 26.2 Å². The van der Waals surface area contributed by atoms with Gasteiger partial charge in [0.1, 0.15) is 46.5 Å². The second-order valence-electron chi connectivity index (χ2n) is 15.4. The molecule has 0 fully saturated rings. The molecular weight excluding hydrogens is 817 g/mol. The summed E-state index contributed by atoms with van der Waals surface area (Å²) in [6.07, 6.45) is 14.5. The first kappa shape index (κ1) is 41.1. The van der Waals surface area contributed by atoms with E-state index in [2.05, 4.69) is 43.9 Å². The van der Waals surface area contributed by atoms with Gasteiger partial charge in [-0.25, -0.2) is 39.9 Å². The summed E-state index contributed by atoms with van der Waals surface area (Å²) in [7, 11) is 0. The molecule has 320 valence electrons. The van der Waals surface area contributed by atoms with E-state index in [0.29, 0.717) is 26.2 Å². The number of fused-ring (bicyclic) bond motifs is 1. The van der Waals surface area contributed by atoms with Crippen LogP contribution in [-0.4, -0.2) is 39.9 Å². The third-order valence-corrected chi connectivity index (χ3v) is 11.2. The van der Waals surface area contributed by atoms with Crippen LogP contribution in [0.4, 0.5) is 46.5 Å². The second kappa shape index (κ2) is 19.7.